The number of hydrogen-bond acceptors (Lipinski definition) is 18. The fourth-order valence-electron chi connectivity index (χ4n) is 6.90. The Bertz CT molecular complexity index is 2300. The van der Waals surface area contributed by atoms with Gasteiger partial charge in [-0.25, -0.2) is 9.98 Å². The Morgan fingerprint density at radius 2 is 0.691 bits per heavy atom. The van der Waals surface area contributed by atoms with Crippen molar-refractivity contribution in [2.45, 2.75) is 27.7 Å². The van der Waals surface area contributed by atoms with Crippen molar-refractivity contribution in [1.82, 2.24) is 0 Å². The van der Waals surface area contributed by atoms with E-state index in [-0.39, 0.29) is 0 Å². The summed E-state index contributed by atoms with van der Waals surface area (Å²) >= 11 is 0. The van der Waals surface area contributed by atoms with Gasteiger partial charge in [-0.1, -0.05) is 24.3 Å². The Hall–Kier alpha value is -6.54. The molecule has 3 aliphatic heterocycles. The van der Waals surface area contributed by atoms with E-state index in [1.165, 1.54) is 0 Å². The Labute approximate surface area is 397 Å². The first kappa shape index (κ1) is 49.4. The molecule has 18 nitrogen and oxygen atoms in total. The SMILES string of the molecule is CC1=Nc2ccccc2N/C(C)=C(/N=Nc2ccc3c(c2)OCCOCCOCCOCCO3)C(C)=Nc2ccccc2N/C(C)=C\1N=Nc1ccc2c(c1)OCCOCCOCCOCCO2. The predicted molar refractivity (Wildman–Crippen MR) is 260 cm³/mol. The minimum Gasteiger partial charge on any atom is -0.487 e. The topological polar surface area (TPSA) is 191 Å². The second-order valence-electron chi connectivity index (χ2n) is 15.4. The van der Waals surface area contributed by atoms with Gasteiger partial charge in [0.1, 0.15) is 37.8 Å². The van der Waals surface area contributed by atoms with Crippen LogP contribution in [0.1, 0.15) is 27.7 Å². The molecular formula is C50H60N8O10. The van der Waals surface area contributed by atoms with E-state index in [1.54, 1.807) is 12.1 Å². The van der Waals surface area contributed by atoms with Crippen molar-refractivity contribution >= 4 is 45.5 Å². The van der Waals surface area contributed by atoms with Crippen molar-refractivity contribution < 1.29 is 47.4 Å². The van der Waals surface area contributed by atoms with E-state index in [9.17, 15) is 0 Å². The van der Waals surface area contributed by atoms with Crippen molar-refractivity contribution in [2.75, 3.05) is 116 Å². The zero-order valence-electron chi connectivity index (χ0n) is 39.2. The van der Waals surface area contributed by atoms with Gasteiger partial charge in [0.15, 0.2) is 23.0 Å². The highest BCUT2D eigenvalue weighted by Crippen LogP contribution is 2.36. The van der Waals surface area contributed by atoms with Crippen molar-refractivity contribution in [3.63, 3.8) is 0 Å². The Balaban J connectivity index is 1.19. The average molecular weight is 933 g/mol. The standard InChI is InChI=1S/C50H60N8O10/c1-35-49(57-55-39-13-15-45-47(33-39)67-31-27-63-23-19-59-17-21-61-25-29-65-45)36(2)52-43-11-7-8-12-44(43)54-38(4)50(37(3)53-42-10-6-5-9-41(42)51-35)58-56-40-14-16-46-48(34-40)68-32-28-64-24-20-60-18-22-62-26-30-66-46/h5-16,33-34,51,54H,17-32H2,1-4H3/b49-35+,50-38+,52-36?,53-37?,57-55?,58-56?. The van der Waals surface area contributed by atoms with Crippen molar-refractivity contribution in [3.8, 4) is 23.0 Å². The summed E-state index contributed by atoms with van der Waals surface area (Å²) in [6.45, 7) is 14.4. The average Bonchev–Trinajstić information content (AvgIpc) is 3.35. The van der Waals surface area contributed by atoms with Gasteiger partial charge in [-0.15, -0.1) is 10.2 Å². The highest BCUT2D eigenvalue weighted by molar-refractivity contribution is 6.03. The van der Waals surface area contributed by atoms with E-state index in [0.717, 1.165) is 11.4 Å². The maximum atomic E-state index is 6.11. The first-order valence-corrected chi connectivity index (χ1v) is 22.8. The summed E-state index contributed by atoms with van der Waals surface area (Å²) in [5, 5.41) is 26.1. The van der Waals surface area contributed by atoms with Crippen LogP contribution in [-0.2, 0) is 28.4 Å². The number of anilines is 2. The second kappa shape index (κ2) is 26.7. The van der Waals surface area contributed by atoms with Gasteiger partial charge in [0.2, 0.25) is 0 Å². The third-order valence-corrected chi connectivity index (χ3v) is 10.2. The molecule has 4 aromatic carbocycles. The zero-order chi connectivity index (χ0) is 47.2. The van der Waals surface area contributed by atoms with Crippen LogP contribution < -0.4 is 29.6 Å². The summed E-state index contributed by atoms with van der Waals surface area (Å²) in [6, 6.07) is 26.4. The lowest BCUT2D eigenvalue weighted by Crippen LogP contribution is -2.13. The van der Waals surface area contributed by atoms with Crippen molar-refractivity contribution in [3.05, 3.63) is 108 Å². The van der Waals surface area contributed by atoms with Crippen LogP contribution in [0.15, 0.2) is 138 Å². The zero-order valence-corrected chi connectivity index (χ0v) is 39.2. The van der Waals surface area contributed by atoms with Crippen LogP contribution in [0.3, 0.4) is 0 Å². The van der Waals surface area contributed by atoms with Crippen LogP contribution in [0, 0.1) is 0 Å². The lowest BCUT2D eigenvalue weighted by molar-refractivity contribution is 0.00708. The summed E-state index contributed by atoms with van der Waals surface area (Å²) in [4.78, 5) is 10.2. The smallest absolute Gasteiger partial charge is 0.163 e. The van der Waals surface area contributed by atoms with Crippen LogP contribution in [0.4, 0.5) is 34.1 Å². The Kier molecular flexibility index (Phi) is 19.4. The van der Waals surface area contributed by atoms with Crippen LogP contribution >= 0.6 is 0 Å². The highest BCUT2D eigenvalue weighted by Gasteiger charge is 2.17. The fourth-order valence-corrected chi connectivity index (χ4v) is 6.90. The van der Waals surface area contributed by atoms with Gasteiger partial charge in [-0.2, -0.15) is 10.2 Å². The summed E-state index contributed by atoms with van der Waals surface area (Å²) in [6.07, 6.45) is 0. The number of aliphatic imine (C=N–C) groups is 2. The molecule has 3 aliphatic rings. The summed E-state index contributed by atoms with van der Waals surface area (Å²) < 4.78 is 57.9. The van der Waals surface area contributed by atoms with Gasteiger partial charge in [0.05, 0.1) is 125 Å². The molecule has 0 aliphatic carbocycles. The molecule has 3 heterocycles. The Morgan fingerprint density at radius 1 is 0.368 bits per heavy atom. The molecule has 0 fully saturated rings. The van der Waals surface area contributed by atoms with Crippen LogP contribution in [0.2, 0.25) is 0 Å². The molecule has 0 amide bonds. The predicted octanol–water partition coefficient (Wildman–Crippen LogP) is 10.1. The number of nitrogens with zero attached hydrogens (tertiary/aromatic N) is 6. The number of benzene rings is 4. The first-order valence-electron chi connectivity index (χ1n) is 22.8. The van der Waals surface area contributed by atoms with E-state index in [2.05, 4.69) is 10.6 Å². The van der Waals surface area contributed by atoms with Crippen LogP contribution in [-0.4, -0.2) is 117 Å². The number of ether oxygens (including phenoxy) is 10. The Morgan fingerprint density at radius 3 is 1.06 bits per heavy atom. The molecule has 0 unspecified atom stereocenters. The second-order valence-corrected chi connectivity index (χ2v) is 15.4. The van der Waals surface area contributed by atoms with Gasteiger partial charge in [0, 0.05) is 23.5 Å². The van der Waals surface area contributed by atoms with E-state index in [4.69, 9.17) is 77.8 Å². The van der Waals surface area contributed by atoms with E-state index in [1.807, 2.05) is 100 Å². The molecule has 7 rings (SSSR count). The van der Waals surface area contributed by atoms with E-state index >= 15 is 0 Å². The number of allylic oxidation sites excluding steroid dienone is 4. The molecule has 0 bridgehead atoms. The molecule has 0 saturated heterocycles. The molecule has 0 atom stereocenters. The van der Waals surface area contributed by atoms with Crippen LogP contribution in [0.5, 0.6) is 23.0 Å². The third-order valence-electron chi connectivity index (χ3n) is 10.2. The van der Waals surface area contributed by atoms with Gasteiger partial charge < -0.3 is 58.0 Å². The number of rotatable bonds is 4. The molecular weight excluding hydrogens is 873 g/mol. The molecule has 0 spiro atoms. The number of fused-ring (bicyclic) bond motifs is 4. The number of para-hydroxylation sites is 4. The van der Waals surface area contributed by atoms with E-state index in [0.29, 0.717) is 186 Å². The lowest BCUT2D eigenvalue weighted by Gasteiger charge is -2.16. The van der Waals surface area contributed by atoms with Crippen molar-refractivity contribution in [1.29, 1.82) is 0 Å². The van der Waals surface area contributed by atoms with Gasteiger partial charge in [-0.3, -0.25) is 0 Å². The van der Waals surface area contributed by atoms with Gasteiger partial charge in [-0.05, 0) is 76.2 Å². The number of azo groups is 2. The third kappa shape index (κ3) is 15.2. The normalized spacial score (nSPS) is 20.4. The molecule has 0 radical (unpaired) electrons. The monoisotopic (exact) mass is 932 g/mol. The molecule has 18 heteroatoms. The van der Waals surface area contributed by atoms with Crippen molar-refractivity contribution in [2.24, 2.45) is 30.4 Å². The summed E-state index contributed by atoms with van der Waals surface area (Å²) in [7, 11) is 0. The van der Waals surface area contributed by atoms with Crippen LogP contribution in [0.25, 0.3) is 0 Å². The van der Waals surface area contributed by atoms with E-state index < -0.39 is 0 Å². The molecule has 0 saturated carbocycles. The molecule has 4 aromatic rings. The molecule has 68 heavy (non-hydrogen) atoms. The minimum absolute atomic E-state index is 0.311. The number of hydrogen-bond donors (Lipinski definition) is 2. The number of nitrogens with one attached hydrogen (secondary N) is 2. The summed E-state index contributed by atoms with van der Waals surface area (Å²) in [5.74, 6) is 2.15. The van der Waals surface area contributed by atoms with Gasteiger partial charge >= 0.3 is 0 Å². The molecule has 360 valence electrons. The van der Waals surface area contributed by atoms with Gasteiger partial charge in [0.25, 0.3) is 0 Å². The maximum absolute atomic E-state index is 6.11. The minimum atomic E-state index is 0.311. The first-order chi connectivity index (χ1) is 33.4. The lowest BCUT2D eigenvalue weighted by atomic mass is 10.2. The molecule has 0 aromatic heterocycles. The molecule has 2 N–H and O–H groups in total. The largest absolute Gasteiger partial charge is 0.487 e. The fraction of sp³-hybridized carbons (Fsp3) is 0.400. The highest BCUT2D eigenvalue weighted by atomic mass is 16.6. The summed E-state index contributed by atoms with van der Waals surface area (Å²) in [5.41, 5.74) is 7.54. The quantitative estimate of drug-likeness (QED) is 0.185. The maximum Gasteiger partial charge on any atom is 0.163 e.